The van der Waals surface area contributed by atoms with Crippen molar-refractivity contribution in [3.05, 3.63) is 28.8 Å². The van der Waals surface area contributed by atoms with Gasteiger partial charge in [-0.2, -0.15) is 0 Å². The van der Waals surface area contributed by atoms with Crippen LogP contribution in [-0.4, -0.2) is 15.7 Å². The topological polar surface area (TPSA) is 0 Å². The van der Waals surface area contributed by atoms with E-state index in [1.165, 1.54) is 0 Å². The predicted octanol–water partition coefficient (Wildman–Crippen LogP) is 0.802. The molecular weight excluding hydrogens is 141 g/mol. The Bertz CT molecular complexity index is 235. The number of halogens is 1. The van der Waals surface area contributed by atoms with Crippen LogP contribution in [0.2, 0.25) is 5.02 Å². The van der Waals surface area contributed by atoms with Crippen LogP contribution in [0.15, 0.2) is 18.2 Å². The zero-order valence-electron chi connectivity index (χ0n) is 5.47. The van der Waals surface area contributed by atoms with Crippen molar-refractivity contribution in [3.63, 3.8) is 0 Å². The smallest absolute Gasteiger partial charge is 0.0850 e. The Balaban J connectivity index is 3.04. The van der Waals surface area contributed by atoms with Gasteiger partial charge in [-0.05, 0) is 6.07 Å². The van der Waals surface area contributed by atoms with Crippen LogP contribution in [0.1, 0.15) is 5.56 Å². The van der Waals surface area contributed by atoms with Crippen LogP contribution >= 0.6 is 11.6 Å². The molecule has 46 valence electrons. The summed E-state index contributed by atoms with van der Waals surface area (Å²) >= 11 is 5.71. The van der Waals surface area contributed by atoms with Crippen LogP contribution in [0, 0.1) is 0 Å². The molecule has 0 amide bonds. The van der Waals surface area contributed by atoms with Crippen LogP contribution in [-0.2, 0) is 6.32 Å². The summed E-state index contributed by atoms with van der Waals surface area (Å²) in [5, 5.41) is 0.572. The lowest BCUT2D eigenvalue weighted by Gasteiger charge is -1.99. The summed E-state index contributed by atoms with van der Waals surface area (Å²) in [6.07, 6.45) is 0.500. The summed E-state index contributed by atoms with van der Waals surface area (Å²) in [7, 11) is 10.8. The summed E-state index contributed by atoms with van der Waals surface area (Å²) < 4.78 is 0. The van der Waals surface area contributed by atoms with E-state index in [4.69, 9.17) is 27.3 Å². The van der Waals surface area contributed by atoms with Gasteiger partial charge in [0.15, 0.2) is 0 Å². The molecule has 4 radical (unpaired) electrons. The van der Waals surface area contributed by atoms with Crippen molar-refractivity contribution in [2.75, 3.05) is 0 Å². The number of hydrogen-bond donors (Lipinski definition) is 0. The summed E-state index contributed by atoms with van der Waals surface area (Å²) in [5.74, 6) is 0. The van der Waals surface area contributed by atoms with E-state index < -0.39 is 0 Å². The molecule has 0 aliphatic rings. The highest BCUT2D eigenvalue weighted by Crippen LogP contribution is 2.06. The molecule has 0 heterocycles. The number of benzene rings is 1. The van der Waals surface area contributed by atoms with Gasteiger partial charge < -0.3 is 0 Å². The van der Waals surface area contributed by atoms with E-state index >= 15 is 0 Å². The highest BCUT2D eigenvalue weighted by molar-refractivity contribution is 6.45. The first-order valence-electron chi connectivity index (χ1n) is 2.98. The lowest BCUT2D eigenvalue weighted by molar-refractivity contribution is 1.41. The van der Waals surface area contributed by atoms with Crippen LogP contribution in [0.3, 0.4) is 0 Å². The summed E-state index contributed by atoms with van der Waals surface area (Å²) in [4.78, 5) is 0. The number of hydrogen-bond acceptors (Lipinski definition) is 0. The highest BCUT2D eigenvalue weighted by Gasteiger charge is 1.93. The standard InChI is InChI=1S/C7H5B2Cl/c8-4-5-1-2-6(9)7(10)3-5/h1-3H,4H2. The predicted molar refractivity (Wildman–Crippen MR) is 46.3 cm³/mol. The van der Waals surface area contributed by atoms with Crippen LogP contribution < -0.4 is 5.46 Å². The molecule has 0 fully saturated rings. The molecule has 10 heavy (non-hydrogen) atoms. The fraction of sp³-hybridized carbons (Fsp3) is 0.143. The molecule has 0 saturated carbocycles. The van der Waals surface area contributed by atoms with E-state index in [0.717, 1.165) is 5.56 Å². The van der Waals surface area contributed by atoms with Gasteiger partial charge in [0.2, 0.25) is 0 Å². The molecule has 0 saturated heterocycles. The molecule has 0 bridgehead atoms. The quantitative estimate of drug-likeness (QED) is 0.514. The molecule has 0 N–H and O–H groups in total. The van der Waals surface area contributed by atoms with Crippen molar-refractivity contribution in [3.8, 4) is 0 Å². The lowest BCUT2D eigenvalue weighted by Crippen LogP contribution is -2.03. The summed E-state index contributed by atoms with van der Waals surface area (Å²) in [6.45, 7) is 0. The van der Waals surface area contributed by atoms with Gasteiger partial charge in [-0.15, -0.1) is 0 Å². The van der Waals surface area contributed by atoms with Gasteiger partial charge in [-0.25, -0.2) is 0 Å². The van der Waals surface area contributed by atoms with Crippen molar-refractivity contribution >= 4 is 32.8 Å². The van der Waals surface area contributed by atoms with E-state index in [1.54, 1.807) is 12.1 Å². The van der Waals surface area contributed by atoms with Crippen molar-refractivity contribution in [1.82, 2.24) is 0 Å². The molecule has 3 heteroatoms. The first kappa shape index (κ1) is 7.74. The monoisotopic (exact) mass is 146 g/mol. The van der Waals surface area contributed by atoms with Gasteiger partial charge >= 0.3 is 0 Å². The van der Waals surface area contributed by atoms with Gasteiger partial charge in [0.25, 0.3) is 0 Å². The van der Waals surface area contributed by atoms with Crippen LogP contribution in [0.25, 0.3) is 0 Å². The van der Waals surface area contributed by atoms with E-state index in [9.17, 15) is 0 Å². The van der Waals surface area contributed by atoms with Crippen molar-refractivity contribution in [2.45, 2.75) is 6.32 Å². The molecule has 0 aliphatic carbocycles. The maximum absolute atomic E-state index is 5.71. The molecule has 0 aliphatic heterocycles. The third-order valence-corrected chi connectivity index (χ3v) is 1.63. The van der Waals surface area contributed by atoms with Crippen LogP contribution in [0.4, 0.5) is 0 Å². The first-order chi connectivity index (χ1) is 4.74. The van der Waals surface area contributed by atoms with E-state index in [1.807, 2.05) is 6.07 Å². The lowest BCUT2D eigenvalue weighted by atomic mass is 9.91. The Hall–Kier alpha value is -0.360. The van der Waals surface area contributed by atoms with Gasteiger partial charge in [-0.1, -0.05) is 41.1 Å². The van der Waals surface area contributed by atoms with E-state index in [-0.39, 0.29) is 0 Å². The Kier molecular flexibility index (Phi) is 2.44. The minimum absolute atomic E-state index is 0.500. The average molecular weight is 146 g/mol. The molecular formula is C7H5B2Cl. The SMILES string of the molecule is [B]Cc1ccc([B])c(Cl)c1. The fourth-order valence-corrected chi connectivity index (χ4v) is 0.901. The molecule has 0 atom stereocenters. The molecule has 0 unspecified atom stereocenters. The maximum Gasteiger partial charge on any atom is 0.115 e. The second-order valence-electron chi connectivity index (χ2n) is 2.06. The minimum atomic E-state index is 0.500. The molecule has 1 aromatic rings. The highest BCUT2D eigenvalue weighted by atomic mass is 35.5. The average Bonchev–Trinajstić information content (AvgIpc) is 1.95. The Morgan fingerprint density at radius 1 is 1.40 bits per heavy atom. The Labute approximate surface area is 68.4 Å². The largest absolute Gasteiger partial charge is 0.115 e. The zero-order chi connectivity index (χ0) is 7.56. The third-order valence-electron chi connectivity index (χ3n) is 1.30. The number of rotatable bonds is 1. The van der Waals surface area contributed by atoms with E-state index in [2.05, 4.69) is 0 Å². The van der Waals surface area contributed by atoms with E-state index in [0.29, 0.717) is 16.8 Å². The summed E-state index contributed by atoms with van der Waals surface area (Å²) in [6, 6.07) is 5.39. The minimum Gasteiger partial charge on any atom is -0.0850 e. The third kappa shape index (κ3) is 1.57. The summed E-state index contributed by atoms with van der Waals surface area (Å²) in [5.41, 5.74) is 1.60. The van der Waals surface area contributed by atoms with Gasteiger partial charge in [-0.3, -0.25) is 0 Å². The van der Waals surface area contributed by atoms with Gasteiger partial charge in [0, 0.05) is 5.02 Å². The molecule has 1 rings (SSSR count). The molecule has 0 aromatic heterocycles. The Morgan fingerprint density at radius 2 is 2.10 bits per heavy atom. The van der Waals surface area contributed by atoms with Crippen LogP contribution in [0.5, 0.6) is 0 Å². The normalized spacial score (nSPS) is 9.70. The second-order valence-corrected chi connectivity index (χ2v) is 2.47. The van der Waals surface area contributed by atoms with Gasteiger partial charge in [0.1, 0.15) is 7.85 Å². The zero-order valence-corrected chi connectivity index (χ0v) is 6.23. The first-order valence-corrected chi connectivity index (χ1v) is 3.36. The van der Waals surface area contributed by atoms with Crippen molar-refractivity contribution < 1.29 is 0 Å². The molecule has 0 nitrogen and oxygen atoms in total. The van der Waals surface area contributed by atoms with Crippen molar-refractivity contribution in [1.29, 1.82) is 0 Å². The molecule has 0 spiro atoms. The molecule has 1 aromatic carbocycles. The second kappa shape index (κ2) is 3.16. The van der Waals surface area contributed by atoms with Crippen molar-refractivity contribution in [2.24, 2.45) is 0 Å². The fourth-order valence-electron chi connectivity index (χ4n) is 0.698. The van der Waals surface area contributed by atoms with Gasteiger partial charge in [0.05, 0.1) is 7.85 Å². The maximum atomic E-state index is 5.71. The Morgan fingerprint density at radius 3 is 2.60 bits per heavy atom.